The Labute approximate surface area is 119 Å². The van der Waals surface area contributed by atoms with E-state index in [9.17, 15) is 0 Å². The van der Waals surface area contributed by atoms with Crippen LogP contribution in [-0.4, -0.2) is 0 Å². The van der Waals surface area contributed by atoms with Gasteiger partial charge >= 0.3 is 0 Å². The molecule has 0 aliphatic heterocycles. The standard InChI is InChI=1S/C11H18.C8H14/c1-11-5-8-2-9(6-11)4-10(3-8)7-11;1-6-4-7-2-3-8(6)5-7/h8-10H,2-7H2,1H3;6-8H,2-5H2,1H3. The van der Waals surface area contributed by atoms with Crippen LogP contribution >= 0.6 is 0 Å². The van der Waals surface area contributed by atoms with E-state index in [-0.39, 0.29) is 0 Å². The minimum absolute atomic E-state index is 0.800. The van der Waals surface area contributed by atoms with E-state index in [2.05, 4.69) is 13.8 Å². The van der Waals surface area contributed by atoms with E-state index in [1.807, 2.05) is 0 Å². The highest BCUT2D eigenvalue weighted by Gasteiger charge is 2.48. The molecule has 0 saturated heterocycles. The molecule has 6 fully saturated rings. The third-order valence-electron chi connectivity index (χ3n) is 7.44. The fraction of sp³-hybridized carbons (Fsp3) is 1.00. The van der Waals surface area contributed by atoms with Gasteiger partial charge in [-0.3, -0.25) is 0 Å². The minimum Gasteiger partial charge on any atom is -0.0622 e. The first-order chi connectivity index (χ1) is 9.10. The molecule has 6 saturated carbocycles. The summed E-state index contributed by atoms with van der Waals surface area (Å²) in [5.74, 6) is 6.80. The van der Waals surface area contributed by atoms with Crippen molar-refractivity contribution in [1.29, 1.82) is 0 Å². The van der Waals surface area contributed by atoms with Gasteiger partial charge in [0.25, 0.3) is 0 Å². The topological polar surface area (TPSA) is 0 Å². The molecule has 0 radical (unpaired) electrons. The number of rotatable bonds is 0. The van der Waals surface area contributed by atoms with Crippen molar-refractivity contribution in [1.82, 2.24) is 0 Å². The highest BCUT2D eigenvalue weighted by atomic mass is 14.5. The maximum absolute atomic E-state index is 2.54. The second-order valence-corrected chi connectivity index (χ2v) is 9.38. The summed E-state index contributed by atoms with van der Waals surface area (Å²) in [4.78, 5) is 0. The quantitative estimate of drug-likeness (QED) is 0.527. The lowest BCUT2D eigenvalue weighted by atomic mass is 9.50. The van der Waals surface area contributed by atoms with Gasteiger partial charge in [0.05, 0.1) is 0 Å². The molecule has 0 aromatic heterocycles. The van der Waals surface area contributed by atoms with Crippen molar-refractivity contribution in [2.24, 2.45) is 40.9 Å². The van der Waals surface area contributed by atoms with Crippen LogP contribution in [0.15, 0.2) is 0 Å². The van der Waals surface area contributed by atoms with E-state index in [4.69, 9.17) is 0 Å². The van der Waals surface area contributed by atoms with Gasteiger partial charge in [0.1, 0.15) is 0 Å². The van der Waals surface area contributed by atoms with Crippen LogP contribution in [0.3, 0.4) is 0 Å². The summed E-state index contributed by atoms with van der Waals surface area (Å²) in [7, 11) is 0. The van der Waals surface area contributed by atoms with Crippen LogP contribution in [0.25, 0.3) is 0 Å². The molecule has 0 aromatic carbocycles. The summed E-state index contributed by atoms with van der Waals surface area (Å²) in [6.45, 7) is 4.96. The lowest BCUT2D eigenvalue weighted by Crippen LogP contribution is -2.44. The molecule has 6 aliphatic carbocycles. The number of fused-ring (bicyclic) bond motifs is 2. The molecule has 3 atom stereocenters. The van der Waals surface area contributed by atoms with Crippen molar-refractivity contribution >= 4 is 0 Å². The molecular formula is C19H32. The predicted molar refractivity (Wildman–Crippen MR) is 80.9 cm³/mol. The Balaban J connectivity index is 0.000000107. The summed E-state index contributed by atoms with van der Waals surface area (Å²) < 4.78 is 0. The third-order valence-corrected chi connectivity index (χ3v) is 7.44. The first-order valence-electron chi connectivity index (χ1n) is 9.10. The fourth-order valence-electron chi connectivity index (χ4n) is 7.11. The second-order valence-electron chi connectivity index (χ2n) is 9.38. The molecule has 6 bridgehead atoms. The lowest BCUT2D eigenvalue weighted by Gasteiger charge is -2.55. The van der Waals surface area contributed by atoms with Crippen molar-refractivity contribution in [3.63, 3.8) is 0 Å². The zero-order chi connectivity index (χ0) is 13.0. The van der Waals surface area contributed by atoms with Gasteiger partial charge in [-0.15, -0.1) is 0 Å². The monoisotopic (exact) mass is 260 g/mol. The van der Waals surface area contributed by atoms with Crippen molar-refractivity contribution in [3.05, 3.63) is 0 Å². The Morgan fingerprint density at radius 2 is 1.26 bits per heavy atom. The molecular weight excluding hydrogens is 228 g/mol. The van der Waals surface area contributed by atoms with Gasteiger partial charge < -0.3 is 0 Å². The minimum atomic E-state index is 0.800. The molecule has 0 spiro atoms. The van der Waals surface area contributed by atoms with Crippen LogP contribution < -0.4 is 0 Å². The second kappa shape index (κ2) is 4.50. The van der Waals surface area contributed by atoms with Crippen molar-refractivity contribution in [2.75, 3.05) is 0 Å². The van der Waals surface area contributed by atoms with Crippen LogP contribution in [0.1, 0.15) is 78.1 Å². The first kappa shape index (κ1) is 12.7. The van der Waals surface area contributed by atoms with E-state index >= 15 is 0 Å². The van der Waals surface area contributed by atoms with Gasteiger partial charge in [0.15, 0.2) is 0 Å². The molecule has 0 heteroatoms. The molecule has 108 valence electrons. The summed E-state index contributed by atoms with van der Waals surface area (Å²) in [6, 6.07) is 0. The Kier molecular flexibility index (Phi) is 3.01. The Bertz CT molecular complexity index is 305. The Hall–Kier alpha value is 0. The van der Waals surface area contributed by atoms with Crippen molar-refractivity contribution in [3.8, 4) is 0 Å². The average Bonchev–Trinajstić information content (AvgIpc) is 2.87. The maximum atomic E-state index is 2.54. The normalized spacial score (nSPS) is 57.2. The molecule has 6 aliphatic rings. The molecule has 6 rings (SSSR count). The van der Waals surface area contributed by atoms with Gasteiger partial charge in [-0.2, -0.15) is 0 Å². The Morgan fingerprint density at radius 1 is 0.684 bits per heavy atom. The highest BCUT2D eigenvalue weighted by molar-refractivity contribution is 4.99. The van der Waals surface area contributed by atoms with E-state index < -0.39 is 0 Å². The SMILES string of the molecule is CC12CC3CC(CC(C3)C1)C2.CC1CC2CCC1C2. The average molecular weight is 260 g/mol. The van der Waals surface area contributed by atoms with E-state index in [0.717, 1.165) is 40.9 Å². The van der Waals surface area contributed by atoms with E-state index in [0.29, 0.717) is 0 Å². The molecule has 3 unspecified atom stereocenters. The van der Waals surface area contributed by atoms with Crippen LogP contribution in [-0.2, 0) is 0 Å². The Morgan fingerprint density at radius 3 is 1.53 bits per heavy atom. The summed E-state index contributed by atoms with van der Waals surface area (Å²) in [5.41, 5.74) is 0.800. The van der Waals surface area contributed by atoms with Crippen LogP contribution in [0.4, 0.5) is 0 Å². The summed E-state index contributed by atoms with van der Waals surface area (Å²) in [5, 5.41) is 0. The largest absolute Gasteiger partial charge is 0.0622 e. The predicted octanol–water partition coefficient (Wildman–Crippen LogP) is 5.67. The fourth-order valence-corrected chi connectivity index (χ4v) is 7.11. The molecule has 19 heavy (non-hydrogen) atoms. The van der Waals surface area contributed by atoms with Crippen molar-refractivity contribution in [2.45, 2.75) is 78.1 Å². The number of hydrogen-bond acceptors (Lipinski definition) is 0. The maximum Gasteiger partial charge on any atom is -0.0318 e. The molecule has 0 nitrogen and oxygen atoms in total. The van der Waals surface area contributed by atoms with Gasteiger partial charge in [-0.25, -0.2) is 0 Å². The van der Waals surface area contributed by atoms with Crippen molar-refractivity contribution < 1.29 is 0 Å². The van der Waals surface area contributed by atoms with E-state index in [1.165, 1.54) is 0 Å². The van der Waals surface area contributed by atoms with Gasteiger partial charge in [0.2, 0.25) is 0 Å². The van der Waals surface area contributed by atoms with Gasteiger partial charge in [-0.05, 0) is 98.7 Å². The lowest BCUT2D eigenvalue weighted by molar-refractivity contribution is -0.0411. The molecule has 0 heterocycles. The highest BCUT2D eigenvalue weighted by Crippen LogP contribution is 2.59. The third kappa shape index (κ3) is 2.38. The first-order valence-corrected chi connectivity index (χ1v) is 9.10. The summed E-state index contributed by atoms with van der Waals surface area (Å²) >= 11 is 0. The zero-order valence-electron chi connectivity index (χ0n) is 13.0. The smallest absolute Gasteiger partial charge is 0.0318 e. The van der Waals surface area contributed by atoms with Gasteiger partial charge in [0, 0.05) is 0 Å². The van der Waals surface area contributed by atoms with Crippen LogP contribution in [0.2, 0.25) is 0 Å². The van der Waals surface area contributed by atoms with Gasteiger partial charge in [-0.1, -0.05) is 20.3 Å². The zero-order valence-corrected chi connectivity index (χ0v) is 13.0. The number of hydrogen-bond donors (Lipinski definition) is 0. The van der Waals surface area contributed by atoms with Crippen LogP contribution in [0.5, 0.6) is 0 Å². The summed E-state index contributed by atoms with van der Waals surface area (Å²) in [6.07, 6.45) is 15.7. The van der Waals surface area contributed by atoms with Crippen LogP contribution in [0, 0.1) is 40.9 Å². The molecule has 0 N–H and O–H groups in total. The molecule has 0 aromatic rings. The van der Waals surface area contributed by atoms with E-state index in [1.54, 1.807) is 64.2 Å². The molecule has 0 amide bonds.